The highest BCUT2D eigenvalue weighted by molar-refractivity contribution is 5.78. The fraction of sp³-hybridized carbons (Fsp3) is 0.900. The Bertz CT molecular complexity index is 219. The molecule has 1 fully saturated rings. The molecule has 0 radical (unpaired) electrons. The molecule has 76 valence electrons. The van der Waals surface area contributed by atoms with Crippen LogP contribution in [-0.2, 0) is 4.79 Å². The Morgan fingerprint density at radius 1 is 1.54 bits per heavy atom. The van der Waals surface area contributed by atoms with Crippen molar-refractivity contribution in [3.05, 3.63) is 0 Å². The van der Waals surface area contributed by atoms with Gasteiger partial charge in [-0.15, -0.1) is 0 Å². The largest absolute Gasteiger partial charge is 0.369 e. The zero-order valence-electron chi connectivity index (χ0n) is 8.98. The number of rotatable bonds is 1. The van der Waals surface area contributed by atoms with Gasteiger partial charge in [-0.05, 0) is 25.3 Å². The Morgan fingerprint density at radius 2 is 2.08 bits per heavy atom. The fourth-order valence-electron chi connectivity index (χ4n) is 2.10. The van der Waals surface area contributed by atoms with Crippen molar-refractivity contribution in [1.29, 1.82) is 0 Å². The maximum atomic E-state index is 11.2. The van der Waals surface area contributed by atoms with Crippen molar-refractivity contribution in [2.75, 3.05) is 6.54 Å². The summed E-state index contributed by atoms with van der Waals surface area (Å²) in [4.78, 5) is 11.2. The molecule has 0 aromatic carbocycles. The Morgan fingerprint density at radius 3 is 2.38 bits per heavy atom. The Hall–Kier alpha value is -0.570. The third kappa shape index (κ3) is 1.57. The first-order chi connectivity index (χ1) is 5.79. The molecule has 1 saturated heterocycles. The highest BCUT2D eigenvalue weighted by Gasteiger charge is 2.49. The van der Waals surface area contributed by atoms with Crippen molar-refractivity contribution in [3.63, 3.8) is 0 Å². The molecule has 3 N–H and O–H groups in total. The van der Waals surface area contributed by atoms with E-state index in [1.807, 2.05) is 0 Å². The van der Waals surface area contributed by atoms with Crippen molar-refractivity contribution < 1.29 is 4.79 Å². The molecule has 0 aliphatic carbocycles. The van der Waals surface area contributed by atoms with Crippen LogP contribution in [0, 0.1) is 11.3 Å². The topological polar surface area (TPSA) is 55.1 Å². The molecule has 0 spiro atoms. The van der Waals surface area contributed by atoms with Gasteiger partial charge in [0.15, 0.2) is 0 Å². The number of hydrogen-bond acceptors (Lipinski definition) is 2. The maximum absolute atomic E-state index is 11.2. The fourth-order valence-corrected chi connectivity index (χ4v) is 2.10. The lowest BCUT2D eigenvalue weighted by Gasteiger charge is -2.42. The van der Waals surface area contributed by atoms with E-state index in [1.54, 1.807) is 0 Å². The lowest BCUT2D eigenvalue weighted by molar-refractivity contribution is -0.124. The highest BCUT2D eigenvalue weighted by Crippen LogP contribution is 2.40. The lowest BCUT2D eigenvalue weighted by Crippen LogP contribution is -2.55. The molecule has 2 atom stereocenters. The van der Waals surface area contributed by atoms with Crippen LogP contribution in [0.1, 0.15) is 34.1 Å². The van der Waals surface area contributed by atoms with Gasteiger partial charge in [0.1, 0.15) is 0 Å². The van der Waals surface area contributed by atoms with E-state index in [-0.39, 0.29) is 22.8 Å². The van der Waals surface area contributed by atoms with E-state index in [2.05, 4.69) is 33.0 Å². The highest BCUT2D eigenvalue weighted by atomic mass is 16.1. The molecule has 3 heteroatoms. The average Bonchev–Trinajstić information content (AvgIpc) is 2.30. The zero-order valence-corrected chi connectivity index (χ0v) is 8.98. The smallest absolute Gasteiger partial charge is 0.222 e. The summed E-state index contributed by atoms with van der Waals surface area (Å²) in [5, 5.41) is 3.40. The maximum Gasteiger partial charge on any atom is 0.222 e. The number of primary amides is 1. The van der Waals surface area contributed by atoms with E-state index in [9.17, 15) is 4.79 Å². The molecule has 1 heterocycles. The summed E-state index contributed by atoms with van der Waals surface area (Å²) < 4.78 is 0. The van der Waals surface area contributed by atoms with Crippen LogP contribution in [0.15, 0.2) is 0 Å². The van der Waals surface area contributed by atoms with E-state index in [1.165, 1.54) is 0 Å². The number of nitrogens with one attached hydrogen (secondary N) is 1. The third-order valence-electron chi connectivity index (χ3n) is 3.52. The first-order valence-corrected chi connectivity index (χ1v) is 4.83. The van der Waals surface area contributed by atoms with Crippen molar-refractivity contribution >= 4 is 5.91 Å². The lowest BCUT2D eigenvalue weighted by atomic mass is 9.68. The molecule has 0 saturated carbocycles. The molecule has 0 aromatic heterocycles. The van der Waals surface area contributed by atoms with Crippen LogP contribution in [-0.4, -0.2) is 18.0 Å². The first-order valence-electron chi connectivity index (χ1n) is 4.83. The number of nitrogens with two attached hydrogens (primary N) is 1. The third-order valence-corrected chi connectivity index (χ3v) is 3.52. The molecule has 1 aliphatic rings. The summed E-state index contributed by atoms with van der Waals surface area (Å²) in [5.74, 6) is -0.213. The van der Waals surface area contributed by atoms with Crippen LogP contribution in [0.25, 0.3) is 0 Å². The van der Waals surface area contributed by atoms with Gasteiger partial charge >= 0.3 is 0 Å². The number of amides is 1. The SMILES string of the molecule is CC(C)(C)C1(C)NCCC1C(N)=O. The van der Waals surface area contributed by atoms with Crippen LogP contribution in [0.3, 0.4) is 0 Å². The summed E-state index contributed by atoms with van der Waals surface area (Å²) in [6.07, 6.45) is 0.864. The molecule has 0 aromatic rings. The molecular formula is C10H20N2O. The Kier molecular flexibility index (Phi) is 2.41. The number of carbonyl (C=O) groups is 1. The average molecular weight is 184 g/mol. The zero-order chi connectivity index (χ0) is 10.3. The van der Waals surface area contributed by atoms with Crippen molar-refractivity contribution in [2.45, 2.75) is 39.7 Å². The predicted molar refractivity (Wildman–Crippen MR) is 53.2 cm³/mol. The van der Waals surface area contributed by atoms with E-state index >= 15 is 0 Å². The normalized spacial score (nSPS) is 34.9. The minimum atomic E-state index is -0.178. The van der Waals surface area contributed by atoms with Crippen molar-refractivity contribution in [3.8, 4) is 0 Å². The van der Waals surface area contributed by atoms with Crippen molar-refractivity contribution in [2.24, 2.45) is 17.1 Å². The van der Waals surface area contributed by atoms with Gasteiger partial charge in [-0.2, -0.15) is 0 Å². The molecule has 3 nitrogen and oxygen atoms in total. The summed E-state index contributed by atoms with van der Waals surface area (Å²) in [7, 11) is 0. The van der Waals surface area contributed by atoms with Gasteiger partial charge in [0, 0.05) is 5.54 Å². The number of carbonyl (C=O) groups excluding carboxylic acids is 1. The second-order valence-corrected chi connectivity index (χ2v) is 5.12. The molecular weight excluding hydrogens is 164 g/mol. The molecule has 0 bridgehead atoms. The Balaban J connectivity index is 2.95. The number of hydrogen-bond donors (Lipinski definition) is 2. The van der Waals surface area contributed by atoms with Gasteiger partial charge in [-0.1, -0.05) is 20.8 Å². The minimum absolute atomic E-state index is 0.0347. The van der Waals surface area contributed by atoms with E-state index in [0.717, 1.165) is 13.0 Å². The van der Waals surface area contributed by atoms with Gasteiger partial charge < -0.3 is 11.1 Å². The summed E-state index contributed by atoms with van der Waals surface area (Å²) in [5.41, 5.74) is 5.30. The van der Waals surface area contributed by atoms with E-state index in [0.29, 0.717) is 0 Å². The molecule has 2 unspecified atom stereocenters. The predicted octanol–water partition coefficient (Wildman–Crippen LogP) is 0.886. The minimum Gasteiger partial charge on any atom is -0.369 e. The molecule has 13 heavy (non-hydrogen) atoms. The van der Waals surface area contributed by atoms with Gasteiger partial charge in [0.05, 0.1) is 5.92 Å². The van der Waals surface area contributed by atoms with Crippen LogP contribution in [0.2, 0.25) is 0 Å². The van der Waals surface area contributed by atoms with Crippen molar-refractivity contribution in [1.82, 2.24) is 5.32 Å². The molecule has 1 aliphatic heterocycles. The van der Waals surface area contributed by atoms with Crippen LogP contribution >= 0.6 is 0 Å². The Labute approximate surface area is 80.1 Å². The van der Waals surface area contributed by atoms with Gasteiger partial charge in [0.25, 0.3) is 0 Å². The summed E-state index contributed by atoms with van der Waals surface area (Å²) in [6.45, 7) is 9.40. The van der Waals surface area contributed by atoms with Gasteiger partial charge in [-0.25, -0.2) is 0 Å². The second kappa shape index (κ2) is 2.98. The van der Waals surface area contributed by atoms with Crippen LogP contribution < -0.4 is 11.1 Å². The molecule has 1 amide bonds. The van der Waals surface area contributed by atoms with Crippen LogP contribution in [0.5, 0.6) is 0 Å². The van der Waals surface area contributed by atoms with Crippen LogP contribution in [0.4, 0.5) is 0 Å². The van der Waals surface area contributed by atoms with E-state index < -0.39 is 0 Å². The first kappa shape index (κ1) is 10.5. The second-order valence-electron chi connectivity index (χ2n) is 5.12. The van der Waals surface area contributed by atoms with Gasteiger partial charge in [-0.3, -0.25) is 4.79 Å². The van der Waals surface area contributed by atoms with E-state index in [4.69, 9.17) is 5.73 Å². The quantitative estimate of drug-likeness (QED) is 0.636. The van der Waals surface area contributed by atoms with Gasteiger partial charge in [0.2, 0.25) is 5.91 Å². The summed E-state index contributed by atoms with van der Waals surface area (Å²) in [6, 6.07) is 0. The monoisotopic (exact) mass is 184 g/mol. The molecule has 1 rings (SSSR count). The summed E-state index contributed by atoms with van der Waals surface area (Å²) >= 11 is 0. The standard InChI is InChI=1S/C10H20N2O/c1-9(2,3)10(4)7(8(11)13)5-6-12-10/h7,12H,5-6H2,1-4H3,(H2,11,13).